The Labute approximate surface area is 345 Å². The summed E-state index contributed by atoms with van der Waals surface area (Å²) in [5, 5.41) is 33.4. The summed E-state index contributed by atoms with van der Waals surface area (Å²) in [6, 6.07) is 6.34. The molecule has 15 heteroatoms. The third kappa shape index (κ3) is 10.1. The number of aliphatic hydroxyl groups is 2. The number of benzene rings is 2. The van der Waals surface area contributed by atoms with Gasteiger partial charge in [0.15, 0.2) is 35.6 Å². The molecule has 2 aromatic carbocycles. The van der Waals surface area contributed by atoms with Crippen LogP contribution in [0.4, 0.5) is 0 Å². The number of phenols is 1. The fraction of sp³-hybridized carbons (Fsp3) is 0.659. The minimum atomic E-state index is -1.56. The quantitative estimate of drug-likeness (QED) is 0.0829. The zero-order valence-corrected chi connectivity index (χ0v) is 34.7. The molecule has 0 unspecified atom stereocenters. The molecule has 6 rings (SSSR count). The monoisotopic (exact) mass is 828 g/mol. The molecule has 0 saturated carbocycles. The summed E-state index contributed by atoms with van der Waals surface area (Å²) in [7, 11) is 2.79. The molecule has 10 atom stereocenters. The van der Waals surface area contributed by atoms with Crippen molar-refractivity contribution in [3.8, 4) is 28.7 Å². The van der Waals surface area contributed by atoms with Gasteiger partial charge in [-0.3, -0.25) is 14.4 Å². The van der Waals surface area contributed by atoms with Crippen LogP contribution in [0.1, 0.15) is 127 Å². The highest BCUT2D eigenvalue weighted by Crippen LogP contribution is 2.57. The summed E-state index contributed by atoms with van der Waals surface area (Å²) in [5.41, 5.74) is 1.40. The lowest BCUT2D eigenvalue weighted by Crippen LogP contribution is -2.63. The lowest BCUT2D eigenvalue weighted by molar-refractivity contribution is -0.364. The van der Waals surface area contributed by atoms with Crippen molar-refractivity contribution in [1.82, 2.24) is 0 Å². The van der Waals surface area contributed by atoms with E-state index in [2.05, 4.69) is 13.8 Å². The Morgan fingerprint density at radius 2 is 1.32 bits per heavy atom. The van der Waals surface area contributed by atoms with Crippen LogP contribution in [0.2, 0.25) is 0 Å². The second kappa shape index (κ2) is 20.5. The zero-order chi connectivity index (χ0) is 42.2. The van der Waals surface area contributed by atoms with Gasteiger partial charge in [0.1, 0.15) is 24.4 Å². The lowest BCUT2D eigenvalue weighted by atomic mass is 9.66. The van der Waals surface area contributed by atoms with E-state index in [0.717, 1.165) is 51.4 Å². The number of carbonyl (C=O) groups is 3. The van der Waals surface area contributed by atoms with E-state index >= 15 is 0 Å². The molecule has 15 nitrogen and oxygen atoms in total. The average molecular weight is 829 g/mol. The molecule has 3 aliphatic heterocycles. The Bertz CT molecular complexity index is 1740. The van der Waals surface area contributed by atoms with Crippen molar-refractivity contribution >= 4 is 17.9 Å². The van der Waals surface area contributed by atoms with Gasteiger partial charge < -0.3 is 58.0 Å². The van der Waals surface area contributed by atoms with Gasteiger partial charge in [0.2, 0.25) is 5.75 Å². The molecule has 59 heavy (non-hydrogen) atoms. The highest BCUT2D eigenvalue weighted by molar-refractivity contribution is 5.80. The molecule has 0 aromatic heterocycles. The van der Waals surface area contributed by atoms with Gasteiger partial charge in [0.25, 0.3) is 0 Å². The molecule has 3 heterocycles. The number of cyclic esters (lactones) is 1. The van der Waals surface area contributed by atoms with Crippen molar-refractivity contribution < 1.29 is 72.3 Å². The summed E-state index contributed by atoms with van der Waals surface area (Å²) in [5.74, 6) is -4.09. The molecule has 0 radical (unpaired) electrons. The van der Waals surface area contributed by atoms with Crippen LogP contribution in [0.3, 0.4) is 0 Å². The maximum atomic E-state index is 13.9. The van der Waals surface area contributed by atoms with E-state index < -0.39 is 78.8 Å². The predicted molar refractivity (Wildman–Crippen MR) is 210 cm³/mol. The molecule has 326 valence electrons. The molecule has 1 aliphatic carbocycles. The summed E-state index contributed by atoms with van der Waals surface area (Å²) in [4.78, 5) is 40.7. The van der Waals surface area contributed by atoms with E-state index in [1.807, 2.05) is 0 Å². The van der Waals surface area contributed by atoms with Gasteiger partial charge in [-0.25, -0.2) is 0 Å². The molecule has 3 fully saturated rings. The first-order chi connectivity index (χ1) is 28.5. The maximum absolute atomic E-state index is 13.9. The first kappa shape index (κ1) is 44.6. The van der Waals surface area contributed by atoms with E-state index in [0.29, 0.717) is 29.5 Å². The van der Waals surface area contributed by atoms with Gasteiger partial charge in [-0.15, -0.1) is 0 Å². The fourth-order valence-electron chi connectivity index (χ4n) is 8.61. The van der Waals surface area contributed by atoms with Gasteiger partial charge in [-0.1, -0.05) is 65.2 Å². The van der Waals surface area contributed by atoms with Crippen molar-refractivity contribution in [3.05, 3.63) is 41.0 Å². The van der Waals surface area contributed by atoms with E-state index in [1.165, 1.54) is 14.2 Å². The predicted octanol–water partition coefficient (Wildman–Crippen LogP) is 6.14. The number of rotatable bonds is 19. The zero-order valence-electron chi connectivity index (χ0n) is 34.7. The summed E-state index contributed by atoms with van der Waals surface area (Å²) in [6.07, 6.45) is 1.74. The van der Waals surface area contributed by atoms with Crippen LogP contribution >= 0.6 is 0 Å². The molecule has 0 bridgehead atoms. The Morgan fingerprint density at radius 1 is 0.746 bits per heavy atom. The van der Waals surface area contributed by atoms with E-state index in [1.54, 1.807) is 31.2 Å². The van der Waals surface area contributed by atoms with Gasteiger partial charge in [-0.05, 0) is 60.7 Å². The van der Waals surface area contributed by atoms with E-state index in [-0.39, 0.29) is 54.8 Å². The maximum Gasteiger partial charge on any atom is 0.311 e. The van der Waals surface area contributed by atoms with Crippen LogP contribution in [-0.2, 0) is 38.1 Å². The fourth-order valence-corrected chi connectivity index (χ4v) is 8.61. The van der Waals surface area contributed by atoms with Crippen LogP contribution in [0.5, 0.6) is 28.7 Å². The minimum absolute atomic E-state index is 0.0215. The number of hydrogen-bond acceptors (Lipinski definition) is 15. The number of aromatic hydroxyl groups is 1. The van der Waals surface area contributed by atoms with Crippen LogP contribution in [0.15, 0.2) is 24.3 Å². The standard InChI is InChI=1S/C44H60O15/c1-6-8-10-12-14-16-34(45)56-29-20-26-27(21-30(29)57-35(46)17-15-13-11-9-7-2)41(59-44-40(49)39(48)42-33(58-44)23-53-24(3)55-42)28-22-54-43(50)37(28)36(26)25-18-31(51-4)38(47)32(19-25)52-5/h18-21,24,28,33,36-37,39-42,44,47-49H,6-17,22-23H2,1-5H3/t24-,28+,33-,36-,37+,39-,40-,41-,42-,44+/m1/s1. The van der Waals surface area contributed by atoms with Crippen LogP contribution < -0.4 is 18.9 Å². The number of aliphatic hydroxyl groups excluding tert-OH is 2. The molecular weight excluding hydrogens is 768 g/mol. The van der Waals surface area contributed by atoms with Crippen molar-refractivity contribution in [2.24, 2.45) is 11.8 Å². The SMILES string of the molecule is CCCCCCCC(=O)Oc1cc2c(cc1OC(=O)CCCCCCC)[C@@H](O[C@@H]1O[C@@H]3CO[C@@H](C)O[C@H]3[C@H](O)[C@H]1O)[C@H]1COC(=O)[C@@H]1[C@@H]2c1cc(OC)c(O)c(OC)c1. The Morgan fingerprint density at radius 3 is 1.90 bits per heavy atom. The van der Waals surface area contributed by atoms with E-state index in [9.17, 15) is 29.7 Å². The Kier molecular flexibility index (Phi) is 15.5. The summed E-state index contributed by atoms with van der Waals surface area (Å²) in [6.45, 7) is 5.90. The van der Waals surface area contributed by atoms with Crippen molar-refractivity contribution in [1.29, 1.82) is 0 Å². The molecule has 0 amide bonds. The van der Waals surface area contributed by atoms with Gasteiger partial charge >= 0.3 is 17.9 Å². The first-order valence-electron chi connectivity index (χ1n) is 21.1. The number of esters is 3. The third-order valence-electron chi connectivity index (χ3n) is 11.7. The largest absolute Gasteiger partial charge is 0.502 e. The first-order valence-corrected chi connectivity index (χ1v) is 21.1. The highest BCUT2D eigenvalue weighted by atomic mass is 16.8. The number of methoxy groups -OCH3 is 2. The normalized spacial score (nSPS) is 28.5. The lowest BCUT2D eigenvalue weighted by Gasteiger charge is -2.47. The Hall–Kier alpha value is -3.99. The topological polar surface area (TPSA) is 195 Å². The highest BCUT2D eigenvalue weighted by Gasteiger charge is 2.56. The number of hydrogen-bond donors (Lipinski definition) is 3. The van der Waals surface area contributed by atoms with Crippen LogP contribution in [0.25, 0.3) is 0 Å². The second-order valence-electron chi connectivity index (χ2n) is 15.9. The number of ether oxygens (including phenoxy) is 9. The molecule has 3 saturated heterocycles. The van der Waals surface area contributed by atoms with Gasteiger partial charge in [-0.2, -0.15) is 0 Å². The average Bonchev–Trinajstić information content (AvgIpc) is 3.60. The number of phenolic OH excluding ortho intramolecular Hbond substituents is 1. The summed E-state index contributed by atoms with van der Waals surface area (Å²) < 4.78 is 52.9. The molecule has 3 N–H and O–H groups in total. The number of unbranched alkanes of at least 4 members (excludes halogenated alkanes) is 8. The van der Waals surface area contributed by atoms with Crippen LogP contribution in [-0.4, -0.2) is 97.7 Å². The Balaban J connectivity index is 1.44. The van der Waals surface area contributed by atoms with Crippen molar-refractivity contribution in [3.63, 3.8) is 0 Å². The molecular formula is C44H60O15. The number of fused-ring (bicyclic) bond motifs is 3. The van der Waals surface area contributed by atoms with Gasteiger partial charge in [0, 0.05) is 24.7 Å². The van der Waals surface area contributed by atoms with Crippen molar-refractivity contribution in [2.45, 2.75) is 147 Å². The minimum Gasteiger partial charge on any atom is -0.502 e. The van der Waals surface area contributed by atoms with Crippen LogP contribution in [0, 0.1) is 11.8 Å². The van der Waals surface area contributed by atoms with Crippen molar-refractivity contribution in [2.75, 3.05) is 27.4 Å². The summed E-state index contributed by atoms with van der Waals surface area (Å²) >= 11 is 0. The second-order valence-corrected chi connectivity index (χ2v) is 15.9. The third-order valence-corrected chi connectivity index (χ3v) is 11.7. The smallest absolute Gasteiger partial charge is 0.311 e. The number of carbonyl (C=O) groups excluding carboxylic acids is 3. The molecule has 2 aromatic rings. The van der Waals surface area contributed by atoms with Gasteiger partial charge in [0.05, 0.1) is 39.5 Å². The molecule has 4 aliphatic rings. The molecule has 0 spiro atoms. The van der Waals surface area contributed by atoms with E-state index in [4.69, 9.17) is 42.6 Å².